The molecule has 1 aliphatic heterocycles. The Balaban J connectivity index is 1.96. The van der Waals surface area contributed by atoms with Crippen molar-refractivity contribution in [3.8, 4) is 11.5 Å². The molecule has 0 fully saturated rings. The van der Waals surface area contributed by atoms with Crippen LogP contribution in [-0.2, 0) is 15.6 Å². The van der Waals surface area contributed by atoms with Crippen LogP contribution in [0.3, 0.4) is 0 Å². The number of rotatable bonds is 6. The summed E-state index contributed by atoms with van der Waals surface area (Å²) in [4.78, 5) is 4.40. The molecule has 3 N–H and O–H groups in total. The van der Waals surface area contributed by atoms with E-state index in [0.29, 0.717) is 22.9 Å². The molecule has 1 heterocycles. The van der Waals surface area contributed by atoms with Gasteiger partial charge in [-0.05, 0) is 43.2 Å². The van der Waals surface area contributed by atoms with Gasteiger partial charge in [0.1, 0.15) is 5.82 Å². The van der Waals surface area contributed by atoms with Gasteiger partial charge in [-0.3, -0.25) is 9.71 Å². The molecular formula is C19H22FN3O4S2. The van der Waals surface area contributed by atoms with E-state index >= 15 is 0 Å². The molecule has 1 unspecified atom stereocenters. The van der Waals surface area contributed by atoms with Gasteiger partial charge in [0, 0.05) is 11.8 Å². The van der Waals surface area contributed by atoms with Crippen LogP contribution >= 0.6 is 11.8 Å². The molecule has 0 saturated heterocycles. The Morgan fingerprint density at radius 3 is 2.55 bits per heavy atom. The van der Waals surface area contributed by atoms with Crippen molar-refractivity contribution in [3.05, 3.63) is 47.8 Å². The van der Waals surface area contributed by atoms with Crippen molar-refractivity contribution in [3.63, 3.8) is 0 Å². The highest BCUT2D eigenvalue weighted by molar-refractivity contribution is 8.13. The van der Waals surface area contributed by atoms with E-state index in [1.54, 1.807) is 6.07 Å². The van der Waals surface area contributed by atoms with Crippen molar-refractivity contribution in [1.82, 2.24) is 0 Å². The van der Waals surface area contributed by atoms with Gasteiger partial charge in [0.05, 0.1) is 30.3 Å². The van der Waals surface area contributed by atoms with Crippen LogP contribution in [0.5, 0.6) is 11.5 Å². The first-order valence-electron chi connectivity index (χ1n) is 8.71. The van der Waals surface area contributed by atoms with E-state index < -0.39 is 21.4 Å². The van der Waals surface area contributed by atoms with E-state index in [1.807, 2.05) is 6.92 Å². The summed E-state index contributed by atoms with van der Waals surface area (Å²) in [5.41, 5.74) is 5.72. The standard InChI is InChI=1S/C19H22FN3O4S2/c1-19(8-9-28-18(21)22-19)12-4-6-14(20)15(10-12)23-29(24,25)13-5-7-16(26-2)17(11-13)27-3/h4-7,10-11,23H,8-9H2,1-3H3,(H2,21,22). The Hall–Kier alpha value is -2.46. The number of nitrogens with zero attached hydrogens (tertiary/aromatic N) is 1. The molecule has 1 atom stereocenters. The number of hydrogen-bond donors (Lipinski definition) is 2. The fraction of sp³-hybridized carbons (Fsp3) is 0.316. The molecule has 2 aromatic rings. The van der Waals surface area contributed by atoms with Crippen LogP contribution in [-0.4, -0.2) is 33.6 Å². The summed E-state index contributed by atoms with van der Waals surface area (Å²) in [5.74, 6) is 0.721. The van der Waals surface area contributed by atoms with Crippen LogP contribution in [0.2, 0.25) is 0 Å². The SMILES string of the molecule is COc1ccc(S(=O)(=O)Nc2cc(C3(C)CCSC(N)=N3)ccc2F)cc1OC. The maximum atomic E-state index is 14.4. The number of benzene rings is 2. The molecule has 2 aromatic carbocycles. The predicted molar refractivity (Wildman–Crippen MR) is 113 cm³/mol. The molecule has 0 radical (unpaired) electrons. The zero-order chi connectivity index (χ0) is 21.2. The van der Waals surface area contributed by atoms with Crippen LogP contribution < -0.4 is 19.9 Å². The molecule has 0 aliphatic carbocycles. The lowest BCUT2D eigenvalue weighted by molar-refractivity contribution is 0.354. The second-order valence-corrected chi connectivity index (χ2v) is 9.44. The number of sulfonamides is 1. The van der Waals surface area contributed by atoms with Gasteiger partial charge in [0.2, 0.25) is 0 Å². The van der Waals surface area contributed by atoms with Crippen molar-refractivity contribution in [2.24, 2.45) is 10.7 Å². The average molecular weight is 440 g/mol. The molecule has 156 valence electrons. The largest absolute Gasteiger partial charge is 0.493 e. The number of hydrogen-bond acceptors (Lipinski definition) is 7. The summed E-state index contributed by atoms with van der Waals surface area (Å²) in [6, 6.07) is 8.42. The molecule has 7 nitrogen and oxygen atoms in total. The van der Waals surface area contributed by atoms with Gasteiger partial charge >= 0.3 is 0 Å². The first-order valence-corrected chi connectivity index (χ1v) is 11.2. The molecule has 3 rings (SSSR count). The minimum atomic E-state index is -4.06. The summed E-state index contributed by atoms with van der Waals surface area (Å²) in [6.45, 7) is 1.89. The summed E-state index contributed by atoms with van der Waals surface area (Å²) < 4.78 is 52.6. The smallest absolute Gasteiger partial charge is 0.262 e. The van der Waals surface area contributed by atoms with E-state index in [-0.39, 0.29) is 16.3 Å². The zero-order valence-electron chi connectivity index (χ0n) is 16.2. The molecular weight excluding hydrogens is 417 g/mol. The van der Waals surface area contributed by atoms with Crippen LogP contribution in [0.25, 0.3) is 0 Å². The molecule has 0 aromatic heterocycles. The Labute approximate surface area is 173 Å². The zero-order valence-corrected chi connectivity index (χ0v) is 17.9. The van der Waals surface area contributed by atoms with E-state index in [4.69, 9.17) is 15.2 Å². The maximum Gasteiger partial charge on any atom is 0.262 e. The second kappa shape index (κ2) is 8.11. The van der Waals surface area contributed by atoms with Crippen LogP contribution in [0, 0.1) is 5.82 Å². The number of thioether (sulfide) groups is 1. The number of ether oxygens (including phenoxy) is 2. The van der Waals surface area contributed by atoms with Crippen molar-refractivity contribution >= 4 is 32.6 Å². The number of anilines is 1. The number of methoxy groups -OCH3 is 2. The van der Waals surface area contributed by atoms with Crippen molar-refractivity contribution in [1.29, 1.82) is 0 Å². The lowest BCUT2D eigenvalue weighted by atomic mass is 9.89. The van der Waals surface area contributed by atoms with Crippen LogP contribution in [0.15, 0.2) is 46.3 Å². The van der Waals surface area contributed by atoms with Crippen molar-refractivity contribution in [2.45, 2.75) is 23.8 Å². The fourth-order valence-corrected chi connectivity index (χ4v) is 5.07. The van der Waals surface area contributed by atoms with Crippen LogP contribution in [0.1, 0.15) is 18.9 Å². The molecule has 0 saturated carbocycles. The van der Waals surface area contributed by atoms with E-state index in [2.05, 4.69) is 9.71 Å². The topological polar surface area (TPSA) is 103 Å². The minimum absolute atomic E-state index is 0.0810. The highest BCUT2D eigenvalue weighted by atomic mass is 32.2. The number of amidine groups is 1. The third kappa shape index (κ3) is 4.43. The third-order valence-electron chi connectivity index (χ3n) is 4.69. The Morgan fingerprint density at radius 1 is 1.17 bits per heavy atom. The molecule has 0 spiro atoms. The van der Waals surface area contributed by atoms with Crippen molar-refractivity contribution in [2.75, 3.05) is 24.7 Å². The van der Waals surface area contributed by atoms with E-state index in [1.165, 1.54) is 56.3 Å². The van der Waals surface area contributed by atoms with Crippen molar-refractivity contribution < 1.29 is 22.3 Å². The normalized spacial score (nSPS) is 19.4. The number of halogens is 1. The lowest BCUT2D eigenvalue weighted by Gasteiger charge is -2.30. The molecule has 1 aliphatic rings. The summed E-state index contributed by atoms with van der Waals surface area (Å²) >= 11 is 1.46. The number of nitrogens with two attached hydrogens (primary N) is 1. The fourth-order valence-electron chi connectivity index (χ4n) is 3.02. The van der Waals surface area contributed by atoms with E-state index in [0.717, 1.165) is 5.75 Å². The molecule has 29 heavy (non-hydrogen) atoms. The van der Waals surface area contributed by atoms with Gasteiger partial charge in [0.15, 0.2) is 16.7 Å². The Kier molecular flexibility index (Phi) is 5.95. The summed E-state index contributed by atoms with van der Waals surface area (Å²) in [7, 11) is -1.21. The van der Waals surface area contributed by atoms with Gasteiger partial charge in [-0.25, -0.2) is 12.8 Å². The van der Waals surface area contributed by atoms with Gasteiger partial charge in [-0.15, -0.1) is 0 Å². The summed E-state index contributed by atoms with van der Waals surface area (Å²) in [5, 5.41) is 0.454. The Morgan fingerprint density at radius 2 is 1.90 bits per heavy atom. The minimum Gasteiger partial charge on any atom is -0.493 e. The molecule has 0 bridgehead atoms. The average Bonchev–Trinajstić information content (AvgIpc) is 2.68. The number of nitrogens with one attached hydrogen (secondary N) is 1. The Bertz CT molecular complexity index is 1060. The molecule has 10 heteroatoms. The lowest BCUT2D eigenvalue weighted by Crippen LogP contribution is -2.29. The van der Waals surface area contributed by atoms with Gasteiger partial charge < -0.3 is 15.2 Å². The monoisotopic (exact) mass is 439 g/mol. The quantitative estimate of drug-likeness (QED) is 0.716. The maximum absolute atomic E-state index is 14.4. The first kappa shape index (κ1) is 21.3. The first-order chi connectivity index (χ1) is 13.7. The van der Waals surface area contributed by atoms with Gasteiger partial charge in [-0.1, -0.05) is 17.8 Å². The highest BCUT2D eigenvalue weighted by Crippen LogP contribution is 2.37. The van der Waals surface area contributed by atoms with Gasteiger partial charge in [-0.2, -0.15) is 0 Å². The highest BCUT2D eigenvalue weighted by Gasteiger charge is 2.30. The number of aliphatic imine (C=N–C) groups is 1. The predicted octanol–water partition coefficient (Wildman–Crippen LogP) is 3.31. The summed E-state index contributed by atoms with van der Waals surface area (Å²) in [6.07, 6.45) is 0.700. The van der Waals surface area contributed by atoms with Gasteiger partial charge in [0.25, 0.3) is 10.0 Å². The van der Waals surface area contributed by atoms with E-state index in [9.17, 15) is 12.8 Å². The molecule has 0 amide bonds. The second-order valence-electron chi connectivity index (χ2n) is 6.64. The van der Waals surface area contributed by atoms with Crippen LogP contribution in [0.4, 0.5) is 10.1 Å². The third-order valence-corrected chi connectivity index (χ3v) is 6.85.